The summed E-state index contributed by atoms with van der Waals surface area (Å²) in [4.78, 5) is 4.13. The zero-order chi connectivity index (χ0) is 21.0. The summed E-state index contributed by atoms with van der Waals surface area (Å²) in [6, 6.07) is 30.6. The number of aromatic nitrogens is 1. The van der Waals surface area contributed by atoms with Gasteiger partial charge in [-0.25, -0.2) is 0 Å². The molecule has 0 atom stereocenters. The molecule has 4 aromatic rings. The predicted molar refractivity (Wildman–Crippen MR) is 130 cm³/mol. The molecular formula is C28H25AuNP+. The van der Waals surface area contributed by atoms with Crippen molar-refractivity contribution in [1.82, 2.24) is 4.98 Å². The van der Waals surface area contributed by atoms with E-state index in [0.717, 1.165) is 5.56 Å². The third kappa shape index (κ3) is 5.07. The van der Waals surface area contributed by atoms with Crippen LogP contribution in [0.1, 0.15) is 22.3 Å². The Hall–Kier alpha value is -2.46. The Morgan fingerprint density at radius 1 is 0.548 bits per heavy atom. The molecule has 0 saturated carbocycles. The monoisotopic (exact) mass is 603 g/mol. The van der Waals surface area contributed by atoms with E-state index in [2.05, 4.69) is 110 Å². The fourth-order valence-corrected chi connectivity index (χ4v) is 6.90. The van der Waals surface area contributed by atoms with Crippen molar-refractivity contribution in [1.29, 1.82) is 0 Å². The molecule has 4 rings (SSSR count). The average molecular weight is 603 g/mol. The average Bonchev–Trinajstić information content (AvgIpc) is 2.78. The van der Waals surface area contributed by atoms with Crippen LogP contribution in [0.2, 0.25) is 0 Å². The molecule has 31 heavy (non-hydrogen) atoms. The molecular weight excluding hydrogens is 578 g/mol. The number of nitrogens with zero attached hydrogens (tertiary/aromatic N) is 1. The van der Waals surface area contributed by atoms with Gasteiger partial charge in [0.05, 0.1) is 5.66 Å². The van der Waals surface area contributed by atoms with Crippen LogP contribution in [0, 0.1) is 32.4 Å². The number of benzene rings is 3. The van der Waals surface area contributed by atoms with Crippen molar-refractivity contribution in [2.24, 2.45) is 0 Å². The van der Waals surface area contributed by atoms with E-state index in [1.54, 1.807) is 12.4 Å². The standard InChI is InChI=1S/C28H25NP.Au/c1-22-4-10-26(11-5-22)30(27-12-6-23(2)7-13-27,28-14-8-24(3)9-15-28)21-18-25-16-19-29-20-17-25;/h4-17,19-20H,1-3H3;/q+1;. The van der Waals surface area contributed by atoms with Crippen molar-refractivity contribution >= 4 is 23.2 Å². The molecule has 1 heterocycles. The van der Waals surface area contributed by atoms with E-state index in [1.807, 2.05) is 12.1 Å². The Kier molecular flexibility index (Phi) is 7.66. The summed E-state index contributed by atoms with van der Waals surface area (Å²) in [5.41, 5.74) is 8.55. The van der Waals surface area contributed by atoms with Crippen molar-refractivity contribution in [3.63, 3.8) is 0 Å². The first-order valence-corrected chi connectivity index (χ1v) is 11.9. The van der Waals surface area contributed by atoms with E-state index in [9.17, 15) is 0 Å². The molecule has 0 saturated heterocycles. The minimum atomic E-state index is -2.16. The molecule has 0 bridgehead atoms. The number of hydrogen-bond donors (Lipinski definition) is 0. The number of hydrogen-bond acceptors (Lipinski definition) is 1. The zero-order valence-electron chi connectivity index (χ0n) is 17.9. The van der Waals surface area contributed by atoms with E-state index in [-0.39, 0.29) is 22.4 Å². The fraction of sp³-hybridized carbons (Fsp3) is 0.107. The number of aryl methyl sites for hydroxylation is 3. The van der Waals surface area contributed by atoms with Crippen LogP contribution < -0.4 is 15.9 Å². The Labute approximate surface area is 201 Å². The molecule has 0 spiro atoms. The van der Waals surface area contributed by atoms with Crippen molar-refractivity contribution in [3.8, 4) is 11.6 Å². The second kappa shape index (κ2) is 10.2. The maximum atomic E-state index is 4.13. The van der Waals surface area contributed by atoms with E-state index in [0.29, 0.717) is 0 Å². The largest absolute Gasteiger partial charge is 0.265 e. The summed E-state index contributed by atoms with van der Waals surface area (Å²) in [5, 5.41) is 3.84. The maximum Gasteiger partial charge on any atom is 0.189 e. The molecule has 3 aromatic carbocycles. The van der Waals surface area contributed by atoms with Crippen LogP contribution in [0.25, 0.3) is 0 Å². The van der Waals surface area contributed by atoms with E-state index in [4.69, 9.17) is 0 Å². The Morgan fingerprint density at radius 3 is 1.26 bits per heavy atom. The molecule has 0 unspecified atom stereocenters. The van der Waals surface area contributed by atoms with Gasteiger partial charge in [0.15, 0.2) is 7.26 Å². The molecule has 157 valence electrons. The van der Waals surface area contributed by atoms with Gasteiger partial charge in [0.25, 0.3) is 0 Å². The van der Waals surface area contributed by atoms with Gasteiger partial charge in [-0.1, -0.05) is 53.1 Å². The van der Waals surface area contributed by atoms with E-state index >= 15 is 0 Å². The van der Waals surface area contributed by atoms with Crippen LogP contribution in [-0.2, 0) is 22.4 Å². The smallest absolute Gasteiger partial charge is 0.189 e. The van der Waals surface area contributed by atoms with Gasteiger partial charge in [-0.15, -0.1) is 0 Å². The quantitative estimate of drug-likeness (QED) is 0.176. The van der Waals surface area contributed by atoms with Gasteiger partial charge >= 0.3 is 0 Å². The van der Waals surface area contributed by atoms with Crippen molar-refractivity contribution in [3.05, 3.63) is 120 Å². The molecule has 0 fully saturated rings. The van der Waals surface area contributed by atoms with Crippen LogP contribution >= 0.6 is 7.26 Å². The van der Waals surface area contributed by atoms with Gasteiger partial charge in [-0.2, -0.15) is 0 Å². The van der Waals surface area contributed by atoms with Crippen molar-refractivity contribution < 1.29 is 22.4 Å². The molecule has 1 nitrogen and oxygen atoms in total. The van der Waals surface area contributed by atoms with E-state index in [1.165, 1.54) is 32.6 Å². The Morgan fingerprint density at radius 2 is 0.903 bits per heavy atom. The summed E-state index contributed by atoms with van der Waals surface area (Å²) < 4.78 is 0. The Balaban J connectivity index is 0.00000272. The van der Waals surface area contributed by atoms with Crippen molar-refractivity contribution in [2.45, 2.75) is 20.8 Å². The minimum absolute atomic E-state index is 0. The van der Waals surface area contributed by atoms with Crippen LogP contribution in [0.15, 0.2) is 97.3 Å². The molecule has 0 aliphatic rings. The molecule has 0 aliphatic carbocycles. The first-order valence-electron chi connectivity index (χ1n) is 10.1. The topological polar surface area (TPSA) is 12.9 Å². The maximum absolute atomic E-state index is 4.13. The van der Waals surface area contributed by atoms with Gasteiger partial charge in [0.2, 0.25) is 0 Å². The van der Waals surface area contributed by atoms with Crippen LogP contribution in [0.5, 0.6) is 0 Å². The summed E-state index contributed by atoms with van der Waals surface area (Å²) in [6.45, 7) is 6.39. The van der Waals surface area contributed by atoms with Crippen molar-refractivity contribution in [2.75, 3.05) is 0 Å². The van der Waals surface area contributed by atoms with Gasteiger partial charge in [0, 0.05) is 40.3 Å². The second-order valence-corrected chi connectivity index (χ2v) is 10.8. The number of pyridine rings is 1. The summed E-state index contributed by atoms with van der Waals surface area (Å²) >= 11 is 0. The van der Waals surface area contributed by atoms with Gasteiger partial charge in [0.1, 0.15) is 15.9 Å². The number of rotatable bonds is 3. The molecule has 1 aromatic heterocycles. The summed E-state index contributed by atoms with van der Waals surface area (Å²) in [5.74, 6) is 3.48. The second-order valence-electron chi connectivity index (χ2n) is 7.65. The van der Waals surface area contributed by atoms with Crippen LogP contribution in [0.3, 0.4) is 0 Å². The molecule has 0 aliphatic heterocycles. The van der Waals surface area contributed by atoms with Gasteiger partial charge in [-0.3, -0.25) is 4.98 Å². The van der Waals surface area contributed by atoms with E-state index < -0.39 is 7.26 Å². The third-order valence-electron chi connectivity index (χ3n) is 5.31. The normalized spacial score (nSPS) is 10.5. The Bertz CT molecular complexity index is 1080. The SMILES string of the molecule is Cc1ccc([P+](C#Cc2ccncc2)(c2ccc(C)cc2)c2ccc(C)cc2)cc1.[Au]. The fourth-order valence-electron chi connectivity index (χ4n) is 3.53. The first-order chi connectivity index (χ1) is 14.6. The summed E-state index contributed by atoms with van der Waals surface area (Å²) in [6.07, 6.45) is 3.60. The minimum Gasteiger partial charge on any atom is -0.265 e. The molecule has 1 radical (unpaired) electrons. The molecule has 0 N–H and O–H groups in total. The molecule has 3 heteroatoms. The first kappa shape index (κ1) is 23.2. The van der Waals surface area contributed by atoms with Crippen LogP contribution in [-0.4, -0.2) is 4.98 Å². The summed E-state index contributed by atoms with van der Waals surface area (Å²) in [7, 11) is -2.16. The molecule has 0 amide bonds. The van der Waals surface area contributed by atoms with Gasteiger partial charge < -0.3 is 0 Å². The zero-order valence-corrected chi connectivity index (χ0v) is 21.0. The predicted octanol–water partition coefficient (Wildman–Crippen LogP) is 5.31. The van der Waals surface area contributed by atoms with Crippen LogP contribution in [0.4, 0.5) is 0 Å². The van der Waals surface area contributed by atoms with Gasteiger partial charge in [-0.05, 0) is 75.2 Å². The third-order valence-corrected chi connectivity index (χ3v) is 8.98.